The van der Waals surface area contributed by atoms with Crippen LogP contribution in [-0.4, -0.2) is 12.5 Å². The number of carboxylic acids is 1. The number of aryl methyl sites for hydroxylation is 1. The van der Waals surface area contributed by atoms with E-state index in [4.69, 9.17) is 0 Å². The summed E-state index contributed by atoms with van der Waals surface area (Å²) in [6, 6.07) is 5.07. The van der Waals surface area contributed by atoms with Gasteiger partial charge in [0, 0.05) is 12.2 Å². The third-order valence-corrected chi connectivity index (χ3v) is 2.28. The van der Waals surface area contributed by atoms with E-state index in [1.807, 2.05) is 0 Å². The zero-order valence-electron chi connectivity index (χ0n) is 7.17. The molecule has 0 fully saturated rings. The highest BCUT2D eigenvalue weighted by Crippen LogP contribution is 2.22. The number of hydrogen-bond acceptors (Lipinski definition) is 3. The van der Waals surface area contributed by atoms with Gasteiger partial charge in [0.2, 0.25) is 0 Å². The van der Waals surface area contributed by atoms with Gasteiger partial charge in [-0.1, -0.05) is 6.07 Å². The van der Waals surface area contributed by atoms with Gasteiger partial charge in [0.15, 0.2) is 0 Å². The molecule has 1 heterocycles. The Bertz CT molecular complexity index is 347. The van der Waals surface area contributed by atoms with Gasteiger partial charge in [0.05, 0.1) is 5.97 Å². The minimum Gasteiger partial charge on any atom is -0.545 e. The number of benzene rings is 1. The van der Waals surface area contributed by atoms with Crippen molar-refractivity contribution in [2.24, 2.45) is 0 Å². The van der Waals surface area contributed by atoms with Crippen LogP contribution in [-0.2, 0) is 6.42 Å². The zero-order chi connectivity index (χ0) is 9.26. The molecule has 3 heteroatoms. The molecule has 1 aliphatic heterocycles. The summed E-state index contributed by atoms with van der Waals surface area (Å²) in [6.07, 6.45) is 2.01. The second kappa shape index (κ2) is 3.09. The Morgan fingerprint density at radius 1 is 1.46 bits per heavy atom. The van der Waals surface area contributed by atoms with Gasteiger partial charge in [-0.25, -0.2) is 0 Å². The van der Waals surface area contributed by atoms with Crippen LogP contribution in [0.4, 0.5) is 5.69 Å². The molecule has 13 heavy (non-hydrogen) atoms. The Kier molecular flexibility index (Phi) is 1.93. The minimum absolute atomic E-state index is 0.266. The van der Waals surface area contributed by atoms with Crippen LogP contribution in [0.5, 0.6) is 0 Å². The average molecular weight is 176 g/mol. The Morgan fingerprint density at radius 3 is 3.08 bits per heavy atom. The van der Waals surface area contributed by atoms with Gasteiger partial charge < -0.3 is 15.2 Å². The molecular weight excluding hydrogens is 166 g/mol. The first-order chi connectivity index (χ1) is 6.27. The van der Waals surface area contributed by atoms with Crippen LogP contribution in [0.3, 0.4) is 0 Å². The number of carbonyl (C=O) groups excluding carboxylic acids is 1. The number of carbonyl (C=O) groups is 1. The van der Waals surface area contributed by atoms with E-state index in [-0.39, 0.29) is 5.56 Å². The first kappa shape index (κ1) is 8.10. The average Bonchev–Trinajstić information content (AvgIpc) is 2.17. The van der Waals surface area contributed by atoms with Crippen molar-refractivity contribution >= 4 is 11.7 Å². The molecule has 0 spiro atoms. The Balaban J connectivity index is 2.40. The smallest absolute Gasteiger partial charge is 0.0715 e. The second-order valence-electron chi connectivity index (χ2n) is 3.19. The lowest BCUT2D eigenvalue weighted by atomic mass is 10.0. The van der Waals surface area contributed by atoms with Gasteiger partial charge in [0.1, 0.15) is 0 Å². The van der Waals surface area contributed by atoms with Gasteiger partial charge in [-0.2, -0.15) is 0 Å². The number of carboxylic acid groups (broad SMARTS) is 1. The molecule has 1 aromatic carbocycles. The maximum atomic E-state index is 10.6. The largest absolute Gasteiger partial charge is 0.545 e. The van der Waals surface area contributed by atoms with Crippen LogP contribution in [0.1, 0.15) is 22.3 Å². The molecule has 1 N–H and O–H groups in total. The maximum absolute atomic E-state index is 10.6. The standard InChI is InChI=1S/C10H11NO2/c12-10(13)8-3-4-9-7(6-8)2-1-5-11-9/h3-4,6,11H,1-2,5H2,(H,12,13)/p-1. The first-order valence-corrected chi connectivity index (χ1v) is 4.35. The maximum Gasteiger partial charge on any atom is 0.0715 e. The second-order valence-corrected chi connectivity index (χ2v) is 3.19. The fraction of sp³-hybridized carbons (Fsp3) is 0.300. The molecule has 0 unspecified atom stereocenters. The molecule has 0 amide bonds. The third-order valence-electron chi connectivity index (χ3n) is 2.28. The lowest BCUT2D eigenvalue weighted by molar-refractivity contribution is -0.255. The molecule has 0 bridgehead atoms. The summed E-state index contributed by atoms with van der Waals surface area (Å²) in [5.74, 6) is -1.10. The molecular formula is C10H10NO2-. The van der Waals surface area contributed by atoms with Gasteiger partial charge in [-0.05, 0) is 36.1 Å². The fourth-order valence-corrected chi connectivity index (χ4v) is 1.60. The molecule has 2 rings (SSSR count). The summed E-state index contributed by atoms with van der Waals surface area (Å²) < 4.78 is 0. The van der Waals surface area contributed by atoms with E-state index in [1.165, 1.54) is 0 Å². The van der Waals surface area contributed by atoms with Crippen LogP contribution < -0.4 is 10.4 Å². The van der Waals surface area contributed by atoms with Crippen molar-refractivity contribution in [3.8, 4) is 0 Å². The number of nitrogens with one attached hydrogen (secondary N) is 1. The van der Waals surface area contributed by atoms with Crippen LogP contribution in [0, 0.1) is 0 Å². The highest BCUT2D eigenvalue weighted by molar-refractivity contribution is 5.86. The van der Waals surface area contributed by atoms with Crippen molar-refractivity contribution in [1.29, 1.82) is 0 Å². The van der Waals surface area contributed by atoms with Crippen molar-refractivity contribution in [3.05, 3.63) is 29.3 Å². The van der Waals surface area contributed by atoms with E-state index in [0.717, 1.165) is 30.6 Å². The predicted molar refractivity (Wildman–Crippen MR) is 47.6 cm³/mol. The predicted octanol–water partition coefficient (Wildman–Crippen LogP) is 0.408. The quantitative estimate of drug-likeness (QED) is 0.674. The highest BCUT2D eigenvalue weighted by Gasteiger charge is 2.08. The fourth-order valence-electron chi connectivity index (χ4n) is 1.60. The molecule has 3 nitrogen and oxygen atoms in total. The third kappa shape index (κ3) is 1.49. The summed E-state index contributed by atoms with van der Waals surface area (Å²) in [7, 11) is 0. The van der Waals surface area contributed by atoms with Gasteiger partial charge in [-0.3, -0.25) is 0 Å². The molecule has 1 aromatic rings. The van der Waals surface area contributed by atoms with Crippen LogP contribution in [0.15, 0.2) is 18.2 Å². The van der Waals surface area contributed by atoms with Crippen molar-refractivity contribution < 1.29 is 9.90 Å². The topological polar surface area (TPSA) is 52.2 Å². The summed E-state index contributed by atoms with van der Waals surface area (Å²) in [4.78, 5) is 10.6. The summed E-state index contributed by atoms with van der Waals surface area (Å²) >= 11 is 0. The van der Waals surface area contributed by atoms with E-state index in [2.05, 4.69) is 5.32 Å². The first-order valence-electron chi connectivity index (χ1n) is 4.35. The lowest BCUT2D eigenvalue weighted by Gasteiger charge is -2.18. The Labute approximate surface area is 76.4 Å². The number of rotatable bonds is 1. The van der Waals surface area contributed by atoms with Crippen molar-refractivity contribution in [2.45, 2.75) is 12.8 Å². The van der Waals surface area contributed by atoms with E-state index in [9.17, 15) is 9.90 Å². The summed E-state index contributed by atoms with van der Waals surface area (Å²) in [5, 5.41) is 13.8. The molecule has 0 aliphatic carbocycles. The van der Waals surface area contributed by atoms with Crippen LogP contribution in [0.2, 0.25) is 0 Å². The Morgan fingerprint density at radius 2 is 2.31 bits per heavy atom. The molecule has 0 radical (unpaired) electrons. The van der Waals surface area contributed by atoms with E-state index >= 15 is 0 Å². The van der Waals surface area contributed by atoms with E-state index in [0.29, 0.717) is 0 Å². The van der Waals surface area contributed by atoms with Crippen molar-refractivity contribution in [2.75, 3.05) is 11.9 Å². The summed E-state index contributed by atoms with van der Waals surface area (Å²) in [5.41, 5.74) is 2.40. The minimum atomic E-state index is -1.10. The van der Waals surface area contributed by atoms with Crippen molar-refractivity contribution in [1.82, 2.24) is 0 Å². The normalized spacial score (nSPS) is 14.5. The molecule has 0 saturated heterocycles. The summed E-state index contributed by atoms with van der Waals surface area (Å²) in [6.45, 7) is 0.970. The molecule has 1 aliphatic rings. The van der Waals surface area contributed by atoms with Crippen molar-refractivity contribution in [3.63, 3.8) is 0 Å². The number of aromatic carboxylic acids is 1. The highest BCUT2D eigenvalue weighted by atomic mass is 16.4. The number of anilines is 1. The van der Waals surface area contributed by atoms with E-state index < -0.39 is 5.97 Å². The molecule has 0 aromatic heterocycles. The monoisotopic (exact) mass is 176 g/mol. The van der Waals surface area contributed by atoms with E-state index in [1.54, 1.807) is 18.2 Å². The van der Waals surface area contributed by atoms with Gasteiger partial charge >= 0.3 is 0 Å². The SMILES string of the molecule is O=C([O-])c1ccc2c(c1)CCCN2. The van der Waals surface area contributed by atoms with Gasteiger partial charge in [0.25, 0.3) is 0 Å². The zero-order valence-corrected chi connectivity index (χ0v) is 7.17. The van der Waals surface area contributed by atoms with Gasteiger partial charge in [-0.15, -0.1) is 0 Å². The number of hydrogen-bond donors (Lipinski definition) is 1. The van der Waals surface area contributed by atoms with Crippen LogP contribution in [0.25, 0.3) is 0 Å². The van der Waals surface area contributed by atoms with Crippen LogP contribution >= 0.6 is 0 Å². The molecule has 68 valence electrons. The lowest BCUT2D eigenvalue weighted by Crippen LogP contribution is -2.23. The number of fused-ring (bicyclic) bond motifs is 1. The molecule has 0 saturated carbocycles. The Hall–Kier alpha value is -1.51. The molecule has 0 atom stereocenters.